The Morgan fingerprint density at radius 2 is 1.92 bits per heavy atom. The van der Waals surface area contributed by atoms with Crippen molar-refractivity contribution in [3.8, 4) is 0 Å². The average molecular weight is 326 g/mol. The molecule has 1 aliphatic rings. The summed E-state index contributed by atoms with van der Waals surface area (Å²) in [4.78, 5) is 16.9. The van der Waals surface area contributed by atoms with Gasteiger partial charge in [-0.25, -0.2) is 0 Å². The second-order valence-corrected chi connectivity index (χ2v) is 5.77. The number of benzene rings is 1. The number of ether oxygens (including phenoxy) is 1. The number of methoxy groups -OCH3 is 1. The van der Waals surface area contributed by atoms with Gasteiger partial charge < -0.3 is 14.5 Å². The van der Waals surface area contributed by atoms with Crippen LogP contribution in [0, 0.1) is 0 Å². The molecule has 1 fully saturated rings. The molecular formula is C18H22N4O2. The summed E-state index contributed by atoms with van der Waals surface area (Å²) in [6, 6.07) is 13.5. The molecule has 1 amide bonds. The molecule has 1 aliphatic heterocycles. The van der Waals surface area contributed by atoms with E-state index < -0.39 is 6.10 Å². The maximum Gasteiger partial charge on any atom is 0.256 e. The van der Waals surface area contributed by atoms with Crippen LogP contribution in [0.5, 0.6) is 0 Å². The maximum absolute atomic E-state index is 12.9. The van der Waals surface area contributed by atoms with Crippen molar-refractivity contribution in [2.24, 2.45) is 0 Å². The molecule has 0 aliphatic carbocycles. The van der Waals surface area contributed by atoms with Crippen molar-refractivity contribution in [3.63, 3.8) is 0 Å². The smallest absolute Gasteiger partial charge is 0.256 e. The summed E-state index contributed by atoms with van der Waals surface area (Å²) < 4.78 is 5.48. The molecule has 126 valence electrons. The van der Waals surface area contributed by atoms with Crippen LogP contribution in [-0.4, -0.2) is 54.3 Å². The van der Waals surface area contributed by atoms with Crippen LogP contribution in [0.4, 0.5) is 5.82 Å². The van der Waals surface area contributed by atoms with E-state index in [1.807, 2.05) is 47.4 Å². The van der Waals surface area contributed by atoms with E-state index in [2.05, 4.69) is 15.1 Å². The van der Waals surface area contributed by atoms with E-state index in [4.69, 9.17) is 4.74 Å². The summed E-state index contributed by atoms with van der Waals surface area (Å²) in [5.74, 6) is 0.878. The van der Waals surface area contributed by atoms with Gasteiger partial charge in [-0.3, -0.25) is 4.79 Å². The van der Waals surface area contributed by atoms with Crippen molar-refractivity contribution >= 4 is 11.7 Å². The number of carbonyl (C=O) groups excluding carboxylic acids is 1. The van der Waals surface area contributed by atoms with Crippen LogP contribution in [0.3, 0.4) is 0 Å². The lowest BCUT2D eigenvalue weighted by Gasteiger charge is -2.26. The summed E-state index contributed by atoms with van der Waals surface area (Å²) >= 11 is 0. The number of nitrogens with zero attached hydrogens (tertiary/aromatic N) is 4. The van der Waals surface area contributed by atoms with Crippen LogP contribution in [0.25, 0.3) is 0 Å². The molecule has 1 aromatic carbocycles. The van der Waals surface area contributed by atoms with Gasteiger partial charge in [0.2, 0.25) is 0 Å². The largest absolute Gasteiger partial charge is 0.367 e. The van der Waals surface area contributed by atoms with Gasteiger partial charge in [0.05, 0.1) is 0 Å². The molecular weight excluding hydrogens is 304 g/mol. The highest BCUT2D eigenvalue weighted by atomic mass is 16.5. The first-order valence-corrected chi connectivity index (χ1v) is 8.19. The fourth-order valence-electron chi connectivity index (χ4n) is 3.00. The third-order valence-electron chi connectivity index (χ3n) is 4.25. The fourth-order valence-corrected chi connectivity index (χ4v) is 3.00. The summed E-state index contributed by atoms with van der Waals surface area (Å²) in [5.41, 5.74) is 0.889. The monoisotopic (exact) mass is 326 g/mol. The highest BCUT2D eigenvalue weighted by Crippen LogP contribution is 2.21. The van der Waals surface area contributed by atoms with Gasteiger partial charge >= 0.3 is 0 Å². The Balaban J connectivity index is 1.68. The lowest BCUT2D eigenvalue weighted by molar-refractivity contribution is -0.142. The first kappa shape index (κ1) is 16.4. The van der Waals surface area contributed by atoms with Crippen LogP contribution in [-0.2, 0) is 9.53 Å². The Labute approximate surface area is 142 Å². The molecule has 1 aromatic heterocycles. The summed E-state index contributed by atoms with van der Waals surface area (Å²) in [7, 11) is 1.58. The normalized spacial score (nSPS) is 16.5. The average Bonchev–Trinajstić information content (AvgIpc) is 2.90. The van der Waals surface area contributed by atoms with E-state index in [0.29, 0.717) is 6.54 Å². The van der Waals surface area contributed by atoms with Crippen LogP contribution < -0.4 is 4.90 Å². The number of rotatable bonds is 4. The van der Waals surface area contributed by atoms with Crippen LogP contribution in [0.2, 0.25) is 0 Å². The minimum absolute atomic E-state index is 0.0182. The van der Waals surface area contributed by atoms with Gasteiger partial charge in [0.1, 0.15) is 0 Å². The topological polar surface area (TPSA) is 58.6 Å². The first-order valence-electron chi connectivity index (χ1n) is 8.19. The maximum atomic E-state index is 12.9. The van der Waals surface area contributed by atoms with E-state index in [1.165, 1.54) is 0 Å². The first-order chi connectivity index (χ1) is 11.8. The summed E-state index contributed by atoms with van der Waals surface area (Å²) in [6.07, 6.45) is 2.02. The van der Waals surface area contributed by atoms with Crippen molar-refractivity contribution in [2.75, 3.05) is 38.2 Å². The molecule has 6 nitrogen and oxygen atoms in total. The number of anilines is 1. The minimum Gasteiger partial charge on any atom is -0.367 e. The Bertz CT molecular complexity index is 651. The molecule has 2 aromatic rings. The number of hydrogen-bond donors (Lipinski definition) is 0. The predicted molar refractivity (Wildman–Crippen MR) is 91.6 cm³/mol. The number of aromatic nitrogens is 2. The third kappa shape index (κ3) is 3.71. The van der Waals surface area contributed by atoms with E-state index in [1.54, 1.807) is 13.3 Å². The van der Waals surface area contributed by atoms with Gasteiger partial charge in [0, 0.05) is 39.5 Å². The van der Waals surface area contributed by atoms with Gasteiger partial charge in [-0.2, -0.15) is 5.10 Å². The van der Waals surface area contributed by atoms with Crippen molar-refractivity contribution in [1.82, 2.24) is 15.1 Å². The van der Waals surface area contributed by atoms with E-state index in [9.17, 15) is 4.79 Å². The van der Waals surface area contributed by atoms with Crippen LogP contribution in [0.1, 0.15) is 18.1 Å². The molecule has 3 rings (SSSR count). The third-order valence-corrected chi connectivity index (χ3v) is 4.25. The van der Waals surface area contributed by atoms with Gasteiger partial charge in [-0.05, 0) is 24.1 Å². The Hall–Kier alpha value is -2.47. The molecule has 24 heavy (non-hydrogen) atoms. The lowest BCUT2D eigenvalue weighted by atomic mass is 10.1. The van der Waals surface area contributed by atoms with Crippen LogP contribution in [0.15, 0.2) is 48.7 Å². The van der Waals surface area contributed by atoms with E-state index in [0.717, 1.165) is 37.4 Å². The van der Waals surface area contributed by atoms with E-state index >= 15 is 0 Å². The van der Waals surface area contributed by atoms with Gasteiger partial charge in [-0.15, -0.1) is 5.10 Å². The van der Waals surface area contributed by atoms with Crippen molar-refractivity contribution in [3.05, 3.63) is 54.2 Å². The van der Waals surface area contributed by atoms with Gasteiger partial charge in [0.25, 0.3) is 5.91 Å². The predicted octanol–water partition coefficient (Wildman–Crippen LogP) is 1.90. The molecule has 1 unspecified atom stereocenters. The summed E-state index contributed by atoms with van der Waals surface area (Å²) in [5, 5.41) is 8.09. The molecule has 2 heterocycles. The number of amides is 1. The van der Waals surface area contributed by atoms with Gasteiger partial charge in [-0.1, -0.05) is 30.3 Å². The molecule has 0 saturated carbocycles. The molecule has 0 N–H and O–H groups in total. The number of carbonyl (C=O) groups is 1. The summed E-state index contributed by atoms with van der Waals surface area (Å²) in [6.45, 7) is 2.99. The van der Waals surface area contributed by atoms with Crippen LogP contribution >= 0.6 is 0 Å². The highest BCUT2D eigenvalue weighted by Gasteiger charge is 2.27. The highest BCUT2D eigenvalue weighted by molar-refractivity contribution is 5.82. The second-order valence-electron chi connectivity index (χ2n) is 5.77. The Morgan fingerprint density at radius 1 is 1.08 bits per heavy atom. The van der Waals surface area contributed by atoms with Crippen molar-refractivity contribution < 1.29 is 9.53 Å². The fraction of sp³-hybridized carbons (Fsp3) is 0.389. The molecule has 0 bridgehead atoms. The minimum atomic E-state index is -0.547. The second kappa shape index (κ2) is 7.88. The molecule has 1 saturated heterocycles. The SMILES string of the molecule is COC(C(=O)N1CCCN(c2cccnn2)CC1)c1ccccc1. The molecule has 6 heteroatoms. The van der Waals surface area contributed by atoms with Crippen molar-refractivity contribution in [1.29, 1.82) is 0 Å². The Kier molecular flexibility index (Phi) is 5.38. The van der Waals surface area contributed by atoms with Gasteiger partial charge in [0.15, 0.2) is 11.9 Å². The standard InChI is InChI=1S/C18H22N4O2/c1-24-17(15-7-3-2-4-8-15)18(23)22-12-6-11-21(13-14-22)16-9-5-10-19-20-16/h2-5,7-10,17H,6,11-14H2,1H3. The quantitative estimate of drug-likeness (QED) is 0.859. The number of hydrogen-bond acceptors (Lipinski definition) is 5. The lowest BCUT2D eigenvalue weighted by Crippen LogP contribution is -2.38. The Morgan fingerprint density at radius 3 is 2.62 bits per heavy atom. The van der Waals surface area contributed by atoms with E-state index in [-0.39, 0.29) is 5.91 Å². The molecule has 1 atom stereocenters. The zero-order valence-electron chi connectivity index (χ0n) is 13.8. The molecule has 0 radical (unpaired) electrons. The molecule has 0 spiro atoms. The van der Waals surface area contributed by atoms with Crippen molar-refractivity contribution in [2.45, 2.75) is 12.5 Å². The zero-order chi connectivity index (χ0) is 16.8. The zero-order valence-corrected chi connectivity index (χ0v) is 13.8.